The third-order valence-electron chi connectivity index (χ3n) is 4.66. The summed E-state index contributed by atoms with van der Waals surface area (Å²) in [5, 5.41) is 19.8. The maximum absolute atomic E-state index is 12.8. The van der Waals surface area contributed by atoms with Gasteiger partial charge in [-0.05, 0) is 43.3 Å². The predicted octanol–water partition coefficient (Wildman–Crippen LogP) is 1.91. The van der Waals surface area contributed by atoms with Crippen LogP contribution in [0.3, 0.4) is 0 Å². The minimum Gasteiger partial charge on any atom is -0.507 e. The lowest BCUT2D eigenvalue weighted by atomic mass is 9.98. The minimum absolute atomic E-state index is 0.0231. The molecule has 1 fully saturated rings. The molecule has 0 radical (unpaired) electrons. The Morgan fingerprint density at radius 3 is 2.53 bits per heavy atom. The number of amides is 1. The summed E-state index contributed by atoms with van der Waals surface area (Å²) in [6.07, 6.45) is 1.56. The molecule has 1 atom stereocenters. The number of pyridine rings is 1. The van der Waals surface area contributed by atoms with Gasteiger partial charge in [-0.2, -0.15) is 0 Å². The molecule has 8 heteroatoms. The fourth-order valence-corrected chi connectivity index (χ4v) is 3.32. The number of benzene rings is 1. The Morgan fingerprint density at radius 1 is 1.13 bits per heavy atom. The number of aromatic nitrogens is 1. The number of ketones is 1. The van der Waals surface area contributed by atoms with E-state index in [1.807, 2.05) is 6.92 Å². The van der Waals surface area contributed by atoms with E-state index in [1.165, 1.54) is 4.90 Å². The van der Waals surface area contributed by atoms with Crippen LogP contribution in [0.25, 0.3) is 5.76 Å². The molecule has 1 aliphatic rings. The summed E-state index contributed by atoms with van der Waals surface area (Å²) in [5.74, 6) is -1.15. The van der Waals surface area contributed by atoms with Crippen molar-refractivity contribution in [2.24, 2.45) is 0 Å². The number of nitrogens with zero attached hydrogens (tertiary/aromatic N) is 2. The number of aliphatic hydroxyl groups excluding tert-OH is 2. The lowest BCUT2D eigenvalue weighted by Gasteiger charge is -2.24. The number of carbonyl (C=O) groups is 2. The van der Waals surface area contributed by atoms with E-state index in [0.29, 0.717) is 23.6 Å². The summed E-state index contributed by atoms with van der Waals surface area (Å²) in [7, 11) is 0. The van der Waals surface area contributed by atoms with Crippen LogP contribution in [0.2, 0.25) is 0 Å². The molecule has 2 heterocycles. The molecule has 0 saturated carbocycles. The Morgan fingerprint density at radius 2 is 1.90 bits per heavy atom. The van der Waals surface area contributed by atoms with Crippen LogP contribution in [0.15, 0.2) is 54.2 Å². The van der Waals surface area contributed by atoms with Crippen molar-refractivity contribution < 1.29 is 29.3 Å². The molecule has 0 bridgehead atoms. The van der Waals surface area contributed by atoms with Gasteiger partial charge in [0.25, 0.3) is 11.7 Å². The van der Waals surface area contributed by atoms with E-state index in [-0.39, 0.29) is 37.7 Å². The number of likely N-dealkylation sites (tertiary alicyclic amines) is 1. The van der Waals surface area contributed by atoms with E-state index in [2.05, 4.69) is 4.98 Å². The molecule has 1 aromatic heterocycles. The van der Waals surface area contributed by atoms with Crippen molar-refractivity contribution in [2.75, 3.05) is 33.0 Å². The van der Waals surface area contributed by atoms with Gasteiger partial charge in [-0.3, -0.25) is 14.6 Å². The second-order valence-corrected chi connectivity index (χ2v) is 6.54. The standard InChI is InChI=1S/C22H24N2O6/c1-2-30-16-8-6-15(7-9-16)20(26)18-19(17-5-3-4-10-23-17)24(22(28)21(18)27)11-13-29-14-12-25/h3-10,19,25-26H,2,11-14H2,1H3/t19-/m0/s1. The molecule has 3 rings (SSSR count). The summed E-state index contributed by atoms with van der Waals surface area (Å²) in [6, 6.07) is 11.0. The molecule has 0 unspecified atom stereocenters. The molecule has 1 aromatic carbocycles. The third-order valence-corrected chi connectivity index (χ3v) is 4.66. The van der Waals surface area contributed by atoms with Crippen LogP contribution < -0.4 is 4.74 Å². The van der Waals surface area contributed by atoms with Crippen LogP contribution in [0.1, 0.15) is 24.2 Å². The molecule has 1 saturated heterocycles. The quantitative estimate of drug-likeness (QED) is 0.280. The monoisotopic (exact) mass is 412 g/mol. The highest BCUT2D eigenvalue weighted by atomic mass is 16.5. The third kappa shape index (κ3) is 4.50. The van der Waals surface area contributed by atoms with Gasteiger partial charge in [0.05, 0.1) is 37.7 Å². The molecule has 0 aliphatic carbocycles. The second kappa shape index (κ2) is 10.00. The van der Waals surface area contributed by atoms with Gasteiger partial charge < -0.3 is 24.6 Å². The lowest BCUT2D eigenvalue weighted by Crippen LogP contribution is -2.33. The van der Waals surface area contributed by atoms with Crippen molar-refractivity contribution in [1.29, 1.82) is 0 Å². The Labute approximate surface area is 174 Å². The van der Waals surface area contributed by atoms with Crippen LogP contribution in [0.4, 0.5) is 0 Å². The van der Waals surface area contributed by atoms with Gasteiger partial charge >= 0.3 is 0 Å². The molecule has 1 aliphatic heterocycles. The Balaban J connectivity index is 2.00. The number of hydrogen-bond acceptors (Lipinski definition) is 7. The first-order chi connectivity index (χ1) is 14.6. The number of rotatable bonds is 9. The van der Waals surface area contributed by atoms with E-state index in [4.69, 9.17) is 14.6 Å². The SMILES string of the molecule is CCOc1ccc(C(O)=C2C(=O)C(=O)N(CCOCCO)[C@H]2c2ccccn2)cc1. The maximum Gasteiger partial charge on any atom is 0.295 e. The van der Waals surface area contributed by atoms with Crippen molar-refractivity contribution in [2.45, 2.75) is 13.0 Å². The first kappa shape index (κ1) is 21.5. The Hall–Kier alpha value is -3.23. The molecule has 1 amide bonds. The normalized spacial score (nSPS) is 18.1. The molecular weight excluding hydrogens is 388 g/mol. The lowest BCUT2D eigenvalue weighted by molar-refractivity contribution is -0.140. The zero-order valence-electron chi connectivity index (χ0n) is 16.7. The largest absolute Gasteiger partial charge is 0.507 e. The van der Waals surface area contributed by atoms with Crippen LogP contribution in [-0.2, 0) is 14.3 Å². The summed E-state index contributed by atoms with van der Waals surface area (Å²) in [5.41, 5.74) is 0.838. The highest BCUT2D eigenvalue weighted by molar-refractivity contribution is 6.46. The van der Waals surface area contributed by atoms with E-state index in [9.17, 15) is 14.7 Å². The highest BCUT2D eigenvalue weighted by Crippen LogP contribution is 2.38. The number of hydrogen-bond donors (Lipinski definition) is 2. The van der Waals surface area contributed by atoms with Crippen LogP contribution in [0, 0.1) is 0 Å². The molecule has 8 nitrogen and oxygen atoms in total. The fourth-order valence-electron chi connectivity index (χ4n) is 3.32. The average Bonchev–Trinajstić information content (AvgIpc) is 3.02. The van der Waals surface area contributed by atoms with Crippen LogP contribution in [-0.4, -0.2) is 64.8 Å². The van der Waals surface area contributed by atoms with Gasteiger partial charge in [0.1, 0.15) is 17.6 Å². The summed E-state index contributed by atoms with van der Waals surface area (Å²) in [6.45, 7) is 2.62. The Kier molecular flexibility index (Phi) is 7.16. The minimum atomic E-state index is -0.838. The fraction of sp³-hybridized carbons (Fsp3) is 0.318. The van der Waals surface area contributed by atoms with E-state index in [1.54, 1.807) is 48.7 Å². The predicted molar refractivity (Wildman–Crippen MR) is 109 cm³/mol. The summed E-state index contributed by atoms with van der Waals surface area (Å²) in [4.78, 5) is 31.2. The zero-order chi connectivity index (χ0) is 21.5. The molecule has 2 aromatic rings. The van der Waals surface area contributed by atoms with Crippen LogP contribution in [0.5, 0.6) is 5.75 Å². The number of Topliss-reactive ketones (excluding diaryl/α,β-unsaturated/α-hetero) is 1. The zero-order valence-corrected chi connectivity index (χ0v) is 16.7. The highest BCUT2D eigenvalue weighted by Gasteiger charge is 2.46. The molecular formula is C22H24N2O6. The molecule has 2 N–H and O–H groups in total. The van der Waals surface area contributed by atoms with E-state index >= 15 is 0 Å². The van der Waals surface area contributed by atoms with E-state index in [0.717, 1.165) is 0 Å². The average molecular weight is 412 g/mol. The van der Waals surface area contributed by atoms with Crippen molar-refractivity contribution in [3.63, 3.8) is 0 Å². The van der Waals surface area contributed by atoms with Gasteiger partial charge in [0, 0.05) is 18.3 Å². The number of carbonyl (C=O) groups excluding carboxylic acids is 2. The molecule has 30 heavy (non-hydrogen) atoms. The number of ether oxygens (including phenoxy) is 2. The van der Waals surface area contributed by atoms with Crippen molar-refractivity contribution in [3.05, 3.63) is 65.5 Å². The van der Waals surface area contributed by atoms with Crippen molar-refractivity contribution in [1.82, 2.24) is 9.88 Å². The first-order valence-corrected chi connectivity index (χ1v) is 9.69. The summed E-state index contributed by atoms with van der Waals surface area (Å²) >= 11 is 0. The molecule has 158 valence electrons. The van der Waals surface area contributed by atoms with E-state index < -0.39 is 17.7 Å². The van der Waals surface area contributed by atoms with Crippen LogP contribution >= 0.6 is 0 Å². The number of aliphatic hydroxyl groups is 2. The molecule has 0 spiro atoms. The summed E-state index contributed by atoms with van der Waals surface area (Å²) < 4.78 is 10.7. The topological polar surface area (TPSA) is 109 Å². The van der Waals surface area contributed by atoms with Gasteiger partial charge in [0.2, 0.25) is 0 Å². The second-order valence-electron chi connectivity index (χ2n) is 6.54. The van der Waals surface area contributed by atoms with Gasteiger partial charge in [0.15, 0.2) is 0 Å². The first-order valence-electron chi connectivity index (χ1n) is 9.69. The smallest absolute Gasteiger partial charge is 0.295 e. The van der Waals surface area contributed by atoms with Gasteiger partial charge in [-0.25, -0.2) is 0 Å². The Bertz CT molecular complexity index is 911. The van der Waals surface area contributed by atoms with Crippen molar-refractivity contribution in [3.8, 4) is 5.75 Å². The van der Waals surface area contributed by atoms with Gasteiger partial charge in [-0.1, -0.05) is 6.07 Å². The van der Waals surface area contributed by atoms with Gasteiger partial charge in [-0.15, -0.1) is 0 Å². The van der Waals surface area contributed by atoms with Crippen molar-refractivity contribution >= 4 is 17.4 Å². The maximum atomic E-state index is 12.8.